The Hall–Kier alpha value is -2.17. The second-order valence-electron chi connectivity index (χ2n) is 4.09. The van der Waals surface area contributed by atoms with Gasteiger partial charge in [0, 0.05) is 25.0 Å². The van der Waals surface area contributed by atoms with E-state index in [1.54, 1.807) is 18.7 Å². The van der Waals surface area contributed by atoms with Gasteiger partial charge in [0.15, 0.2) is 0 Å². The van der Waals surface area contributed by atoms with Crippen molar-refractivity contribution in [1.82, 2.24) is 15.0 Å². The van der Waals surface area contributed by atoms with Crippen LogP contribution in [0.25, 0.3) is 0 Å². The molecular weight excluding hydrogens is 226 g/mol. The lowest BCUT2D eigenvalue weighted by atomic mass is 10.1. The van der Waals surface area contributed by atoms with Crippen LogP contribution in [0.3, 0.4) is 0 Å². The fourth-order valence-corrected chi connectivity index (χ4v) is 1.79. The van der Waals surface area contributed by atoms with Gasteiger partial charge in [-0.1, -0.05) is 0 Å². The number of nitrogens with zero attached hydrogens (tertiary/aromatic N) is 3. The van der Waals surface area contributed by atoms with Gasteiger partial charge in [0.2, 0.25) is 0 Å². The topological polar surface area (TPSA) is 62.7 Å². The van der Waals surface area contributed by atoms with E-state index in [4.69, 9.17) is 0 Å². The molecule has 2 heterocycles. The Morgan fingerprint density at radius 3 is 2.44 bits per heavy atom. The molecule has 0 radical (unpaired) electrons. The molecule has 0 aliphatic heterocycles. The standard InChI is InChI=1S/C13H17N5/c1-9-12(14-3)16-8-17-13(9)18-10(2)11-4-6-15-7-5-11/h4-8,10H,1-3H3,(H2,14,16,17,18). The molecular formula is C13H17N5. The fraction of sp³-hybridized carbons (Fsp3) is 0.308. The second-order valence-corrected chi connectivity index (χ2v) is 4.09. The van der Waals surface area contributed by atoms with Crippen LogP contribution >= 0.6 is 0 Å². The lowest BCUT2D eigenvalue weighted by molar-refractivity contribution is 0.865. The lowest BCUT2D eigenvalue weighted by Crippen LogP contribution is -2.10. The molecule has 5 nitrogen and oxygen atoms in total. The van der Waals surface area contributed by atoms with E-state index in [1.807, 2.05) is 26.1 Å². The van der Waals surface area contributed by atoms with Gasteiger partial charge in [0.1, 0.15) is 18.0 Å². The highest BCUT2D eigenvalue weighted by molar-refractivity contribution is 5.56. The summed E-state index contributed by atoms with van der Waals surface area (Å²) >= 11 is 0. The number of rotatable bonds is 4. The highest BCUT2D eigenvalue weighted by atomic mass is 15.1. The molecule has 0 aliphatic rings. The Morgan fingerprint density at radius 2 is 1.78 bits per heavy atom. The Balaban J connectivity index is 2.19. The minimum atomic E-state index is 0.173. The summed E-state index contributed by atoms with van der Waals surface area (Å²) in [6.45, 7) is 4.09. The van der Waals surface area contributed by atoms with Gasteiger partial charge < -0.3 is 10.6 Å². The van der Waals surface area contributed by atoms with Gasteiger partial charge >= 0.3 is 0 Å². The van der Waals surface area contributed by atoms with Crippen LogP contribution in [0.2, 0.25) is 0 Å². The van der Waals surface area contributed by atoms with Crippen molar-refractivity contribution in [2.45, 2.75) is 19.9 Å². The number of aromatic nitrogens is 3. The van der Waals surface area contributed by atoms with Gasteiger partial charge in [0.05, 0.1) is 6.04 Å². The van der Waals surface area contributed by atoms with E-state index in [0.29, 0.717) is 0 Å². The molecule has 2 rings (SSSR count). The van der Waals surface area contributed by atoms with E-state index in [1.165, 1.54) is 5.56 Å². The van der Waals surface area contributed by atoms with Crippen molar-refractivity contribution in [1.29, 1.82) is 0 Å². The summed E-state index contributed by atoms with van der Waals surface area (Å²) in [6, 6.07) is 4.16. The largest absolute Gasteiger partial charge is 0.373 e. The van der Waals surface area contributed by atoms with Crippen LogP contribution in [0.5, 0.6) is 0 Å². The molecule has 0 spiro atoms. The third-order valence-electron chi connectivity index (χ3n) is 2.88. The normalized spacial score (nSPS) is 11.9. The summed E-state index contributed by atoms with van der Waals surface area (Å²) in [6.07, 6.45) is 5.14. The third kappa shape index (κ3) is 2.56. The molecule has 1 unspecified atom stereocenters. The monoisotopic (exact) mass is 243 g/mol. The molecule has 2 N–H and O–H groups in total. The zero-order valence-electron chi connectivity index (χ0n) is 10.8. The van der Waals surface area contributed by atoms with Gasteiger partial charge in [0.25, 0.3) is 0 Å². The first-order valence-corrected chi connectivity index (χ1v) is 5.88. The van der Waals surface area contributed by atoms with E-state index >= 15 is 0 Å². The first-order valence-electron chi connectivity index (χ1n) is 5.88. The van der Waals surface area contributed by atoms with E-state index in [9.17, 15) is 0 Å². The molecule has 2 aromatic rings. The summed E-state index contributed by atoms with van der Waals surface area (Å²) in [5, 5.41) is 6.43. The Kier molecular flexibility index (Phi) is 3.72. The van der Waals surface area contributed by atoms with Crippen molar-refractivity contribution in [3.8, 4) is 0 Å². The van der Waals surface area contributed by atoms with E-state index < -0.39 is 0 Å². The molecule has 0 saturated heterocycles. The fourth-order valence-electron chi connectivity index (χ4n) is 1.79. The molecule has 0 fully saturated rings. The SMILES string of the molecule is CNc1ncnc(NC(C)c2ccncc2)c1C. The minimum absolute atomic E-state index is 0.173. The molecule has 94 valence electrons. The predicted octanol–water partition coefficient (Wildman–Crippen LogP) is 2.39. The van der Waals surface area contributed by atoms with Gasteiger partial charge in [-0.15, -0.1) is 0 Å². The Labute approximate surface area is 107 Å². The Bertz CT molecular complexity index is 512. The van der Waals surface area contributed by atoms with Crippen LogP contribution < -0.4 is 10.6 Å². The van der Waals surface area contributed by atoms with E-state index in [-0.39, 0.29) is 6.04 Å². The summed E-state index contributed by atoms with van der Waals surface area (Å²) in [5.41, 5.74) is 2.19. The molecule has 1 atom stereocenters. The van der Waals surface area contributed by atoms with Crippen molar-refractivity contribution in [2.75, 3.05) is 17.7 Å². The summed E-state index contributed by atoms with van der Waals surface area (Å²) < 4.78 is 0. The van der Waals surface area contributed by atoms with Crippen molar-refractivity contribution >= 4 is 11.6 Å². The van der Waals surface area contributed by atoms with E-state index in [2.05, 4.69) is 32.5 Å². The maximum Gasteiger partial charge on any atom is 0.134 e. The maximum absolute atomic E-state index is 4.27. The third-order valence-corrected chi connectivity index (χ3v) is 2.88. The Morgan fingerprint density at radius 1 is 1.11 bits per heavy atom. The minimum Gasteiger partial charge on any atom is -0.373 e. The number of anilines is 2. The molecule has 0 bridgehead atoms. The van der Waals surface area contributed by atoms with Crippen LogP contribution in [0.15, 0.2) is 30.9 Å². The average molecular weight is 243 g/mol. The molecule has 5 heteroatoms. The smallest absolute Gasteiger partial charge is 0.134 e. The van der Waals surface area contributed by atoms with Crippen LogP contribution in [0.4, 0.5) is 11.6 Å². The zero-order chi connectivity index (χ0) is 13.0. The second kappa shape index (κ2) is 5.44. The van der Waals surface area contributed by atoms with Crippen LogP contribution in [-0.2, 0) is 0 Å². The van der Waals surface area contributed by atoms with Crippen molar-refractivity contribution in [3.05, 3.63) is 42.0 Å². The molecule has 2 aromatic heterocycles. The number of hydrogen-bond acceptors (Lipinski definition) is 5. The van der Waals surface area contributed by atoms with Gasteiger partial charge in [-0.05, 0) is 31.5 Å². The molecule has 0 aromatic carbocycles. The zero-order valence-corrected chi connectivity index (χ0v) is 10.8. The van der Waals surface area contributed by atoms with Crippen LogP contribution in [0.1, 0.15) is 24.1 Å². The van der Waals surface area contributed by atoms with Crippen molar-refractivity contribution < 1.29 is 0 Å². The number of pyridine rings is 1. The molecule has 0 amide bonds. The van der Waals surface area contributed by atoms with Crippen LogP contribution in [0, 0.1) is 6.92 Å². The molecule has 0 saturated carbocycles. The van der Waals surface area contributed by atoms with E-state index in [0.717, 1.165) is 17.2 Å². The molecule has 0 aliphatic carbocycles. The lowest BCUT2D eigenvalue weighted by Gasteiger charge is -2.17. The van der Waals surface area contributed by atoms with Gasteiger partial charge in [-0.3, -0.25) is 4.98 Å². The maximum atomic E-state index is 4.27. The quantitative estimate of drug-likeness (QED) is 0.863. The van der Waals surface area contributed by atoms with Crippen molar-refractivity contribution in [2.24, 2.45) is 0 Å². The number of nitrogens with one attached hydrogen (secondary N) is 2. The van der Waals surface area contributed by atoms with Crippen molar-refractivity contribution in [3.63, 3.8) is 0 Å². The number of hydrogen-bond donors (Lipinski definition) is 2. The molecule has 18 heavy (non-hydrogen) atoms. The average Bonchev–Trinajstić information content (AvgIpc) is 2.42. The summed E-state index contributed by atoms with van der Waals surface area (Å²) in [4.78, 5) is 12.5. The summed E-state index contributed by atoms with van der Waals surface area (Å²) in [7, 11) is 1.85. The van der Waals surface area contributed by atoms with Gasteiger partial charge in [-0.2, -0.15) is 0 Å². The highest BCUT2D eigenvalue weighted by Crippen LogP contribution is 2.22. The van der Waals surface area contributed by atoms with Crippen LogP contribution in [-0.4, -0.2) is 22.0 Å². The van der Waals surface area contributed by atoms with Gasteiger partial charge in [-0.25, -0.2) is 9.97 Å². The first-order chi connectivity index (χ1) is 8.72. The summed E-state index contributed by atoms with van der Waals surface area (Å²) in [5.74, 6) is 1.69. The first kappa shape index (κ1) is 12.3. The predicted molar refractivity (Wildman–Crippen MR) is 72.6 cm³/mol. The highest BCUT2D eigenvalue weighted by Gasteiger charge is 2.10.